The molecule has 168 valence electrons. The predicted octanol–water partition coefficient (Wildman–Crippen LogP) is 1.56. The van der Waals surface area contributed by atoms with Crippen LogP contribution in [-0.4, -0.2) is 43.7 Å². The molecule has 1 aliphatic rings. The number of hydrogen-bond acceptors (Lipinski definition) is 7. The number of benzene rings is 1. The lowest BCUT2D eigenvalue weighted by Gasteiger charge is -2.24. The van der Waals surface area contributed by atoms with Crippen molar-refractivity contribution in [2.45, 2.75) is 38.8 Å². The molecule has 1 fully saturated rings. The molecule has 1 aromatic heterocycles. The molecule has 3 rings (SSSR count). The van der Waals surface area contributed by atoms with Crippen molar-refractivity contribution in [3.05, 3.63) is 63.6 Å². The van der Waals surface area contributed by atoms with Crippen molar-refractivity contribution >= 4 is 5.91 Å². The molecular weight excluding hydrogens is 402 g/mol. The molecule has 1 amide bonds. The Morgan fingerprint density at radius 3 is 2.77 bits per heavy atom. The highest BCUT2D eigenvalue weighted by molar-refractivity contribution is 5.95. The molecule has 31 heavy (non-hydrogen) atoms. The van der Waals surface area contributed by atoms with Gasteiger partial charge >= 0.3 is 0 Å². The normalized spacial score (nSPS) is 16.1. The molecule has 0 saturated carbocycles. The molecule has 9 heteroatoms. The first-order valence-corrected chi connectivity index (χ1v) is 10.3. The van der Waals surface area contributed by atoms with Crippen molar-refractivity contribution in [1.82, 2.24) is 9.99 Å². The molecule has 1 atom stereocenters. The number of rotatable bonds is 10. The van der Waals surface area contributed by atoms with E-state index >= 15 is 0 Å². The van der Waals surface area contributed by atoms with Crippen LogP contribution in [0.4, 0.5) is 0 Å². The summed E-state index contributed by atoms with van der Waals surface area (Å²) in [7, 11) is 1.53. The molecular formula is C22H29N3O6. The van der Waals surface area contributed by atoms with E-state index in [1.54, 1.807) is 0 Å². The third-order valence-electron chi connectivity index (χ3n) is 4.87. The minimum atomic E-state index is -0.532. The average molecular weight is 431 g/mol. The quantitative estimate of drug-likeness (QED) is 0.433. The molecule has 2 heterocycles. The zero-order valence-corrected chi connectivity index (χ0v) is 17.7. The van der Waals surface area contributed by atoms with Gasteiger partial charge in [0.1, 0.15) is 6.61 Å². The number of nitrogens with two attached hydrogens (primary N) is 1. The van der Waals surface area contributed by atoms with E-state index in [1.165, 1.54) is 13.2 Å². The summed E-state index contributed by atoms with van der Waals surface area (Å²) < 4.78 is 23.2. The molecule has 3 N–H and O–H groups in total. The Morgan fingerprint density at radius 2 is 2.06 bits per heavy atom. The number of amides is 1. The van der Waals surface area contributed by atoms with Gasteiger partial charge in [0.25, 0.3) is 5.91 Å². The highest BCUT2D eigenvalue weighted by Crippen LogP contribution is 2.19. The lowest BCUT2D eigenvalue weighted by Crippen LogP contribution is -2.36. The monoisotopic (exact) mass is 431 g/mol. The first kappa shape index (κ1) is 22.8. The fourth-order valence-electron chi connectivity index (χ4n) is 3.22. The Labute approximate surface area is 181 Å². The van der Waals surface area contributed by atoms with E-state index in [0.717, 1.165) is 29.5 Å². The van der Waals surface area contributed by atoms with Crippen LogP contribution in [0, 0.1) is 0 Å². The molecule has 1 saturated heterocycles. The number of nitrogen functional groups attached to an aromatic ring is 1. The molecule has 0 bridgehead atoms. The molecule has 2 aromatic rings. The lowest BCUT2D eigenvalue weighted by molar-refractivity contribution is -0.169. The van der Waals surface area contributed by atoms with Crippen molar-refractivity contribution in [1.29, 1.82) is 0 Å². The van der Waals surface area contributed by atoms with Crippen LogP contribution in [0.3, 0.4) is 0 Å². The minimum Gasteiger partial charge on any atom is -0.482 e. The van der Waals surface area contributed by atoms with Gasteiger partial charge in [-0.3, -0.25) is 14.3 Å². The Balaban J connectivity index is 1.84. The second-order valence-electron chi connectivity index (χ2n) is 7.18. The summed E-state index contributed by atoms with van der Waals surface area (Å²) in [6.45, 7) is 1.38. The Kier molecular flexibility index (Phi) is 8.45. The van der Waals surface area contributed by atoms with Gasteiger partial charge in [0, 0.05) is 26.3 Å². The van der Waals surface area contributed by atoms with E-state index in [0.29, 0.717) is 18.9 Å². The lowest BCUT2D eigenvalue weighted by atomic mass is 10.2. The molecule has 0 aliphatic carbocycles. The zero-order chi connectivity index (χ0) is 22.1. The Hall–Kier alpha value is -2.88. The number of ether oxygens (including phenoxy) is 4. The zero-order valence-electron chi connectivity index (χ0n) is 17.7. The SMILES string of the molecule is COCCNC(=O)c1c(OCc2ccccc2)c(=O)cc(COC2CCCCO2)n1N. The largest absolute Gasteiger partial charge is 0.482 e. The van der Waals surface area contributed by atoms with E-state index in [9.17, 15) is 9.59 Å². The first-order chi connectivity index (χ1) is 15.1. The van der Waals surface area contributed by atoms with Gasteiger partial charge in [0.05, 0.1) is 18.9 Å². The number of hydrogen-bond donors (Lipinski definition) is 2. The fourth-order valence-corrected chi connectivity index (χ4v) is 3.22. The number of nitrogens with zero attached hydrogens (tertiary/aromatic N) is 1. The van der Waals surface area contributed by atoms with Gasteiger partial charge in [-0.05, 0) is 24.8 Å². The van der Waals surface area contributed by atoms with Gasteiger partial charge in [0.15, 0.2) is 17.7 Å². The number of aromatic nitrogens is 1. The summed E-state index contributed by atoms with van der Waals surface area (Å²) in [6.07, 6.45) is 2.44. The van der Waals surface area contributed by atoms with Crippen molar-refractivity contribution in [2.75, 3.05) is 32.7 Å². The summed E-state index contributed by atoms with van der Waals surface area (Å²) in [4.78, 5) is 25.7. The summed E-state index contributed by atoms with van der Waals surface area (Å²) in [6, 6.07) is 10.7. The number of carbonyl (C=O) groups is 1. The number of nitrogens with one attached hydrogen (secondary N) is 1. The fraction of sp³-hybridized carbons (Fsp3) is 0.455. The van der Waals surface area contributed by atoms with E-state index < -0.39 is 11.3 Å². The van der Waals surface area contributed by atoms with Crippen LogP contribution in [0.5, 0.6) is 5.75 Å². The minimum absolute atomic E-state index is 0.0354. The van der Waals surface area contributed by atoms with E-state index in [1.807, 2.05) is 30.3 Å². The second kappa shape index (κ2) is 11.5. The number of methoxy groups -OCH3 is 1. The van der Waals surface area contributed by atoms with Gasteiger partial charge in [-0.15, -0.1) is 0 Å². The highest BCUT2D eigenvalue weighted by atomic mass is 16.7. The second-order valence-corrected chi connectivity index (χ2v) is 7.18. The maximum Gasteiger partial charge on any atom is 0.273 e. The van der Waals surface area contributed by atoms with Gasteiger partial charge in [0.2, 0.25) is 5.43 Å². The summed E-state index contributed by atoms with van der Waals surface area (Å²) >= 11 is 0. The smallest absolute Gasteiger partial charge is 0.273 e. The maximum atomic E-state index is 12.8. The Morgan fingerprint density at radius 1 is 1.26 bits per heavy atom. The van der Waals surface area contributed by atoms with Crippen molar-refractivity contribution in [3.8, 4) is 5.75 Å². The summed E-state index contributed by atoms with van der Waals surface area (Å²) in [5.74, 6) is 5.58. The van der Waals surface area contributed by atoms with Gasteiger partial charge < -0.3 is 30.1 Å². The number of pyridine rings is 1. The standard InChI is InChI=1S/C22H29N3O6/c1-28-12-10-24-22(27)20-21(31-14-16-7-3-2-4-8-16)18(26)13-17(25(20)23)15-30-19-9-5-6-11-29-19/h2-4,7-8,13,19H,5-6,9-12,14-15,23H2,1H3,(H,24,27). The Bertz CT molecular complexity index is 909. The van der Waals surface area contributed by atoms with Crippen LogP contribution in [0.2, 0.25) is 0 Å². The van der Waals surface area contributed by atoms with Crippen molar-refractivity contribution in [3.63, 3.8) is 0 Å². The van der Waals surface area contributed by atoms with E-state index in [2.05, 4.69) is 5.32 Å². The van der Waals surface area contributed by atoms with Crippen LogP contribution in [-0.2, 0) is 27.4 Å². The van der Waals surface area contributed by atoms with Gasteiger partial charge in [-0.1, -0.05) is 30.3 Å². The predicted molar refractivity (Wildman–Crippen MR) is 114 cm³/mol. The highest BCUT2D eigenvalue weighted by Gasteiger charge is 2.23. The van der Waals surface area contributed by atoms with Crippen LogP contribution in [0.25, 0.3) is 0 Å². The van der Waals surface area contributed by atoms with E-state index in [4.69, 9.17) is 24.8 Å². The molecule has 9 nitrogen and oxygen atoms in total. The van der Waals surface area contributed by atoms with Crippen LogP contribution in [0.1, 0.15) is 41.0 Å². The van der Waals surface area contributed by atoms with E-state index in [-0.39, 0.29) is 37.5 Å². The van der Waals surface area contributed by atoms with Gasteiger partial charge in [-0.2, -0.15) is 0 Å². The summed E-state index contributed by atoms with van der Waals surface area (Å²) in [5, 5.41) is 2.69. The van der Waals surface area contributed by atoms with Crippen LogP contribution in [0.15, 0.2) is 41.2 Å². The van der Waals surface area contributed by atoms with Crippen molar-refractivity contribution < 1.29 is 23.7 Å². The molecule has 0 spiro atoms. The summed E-state index contributed by atoms with van der Waals surface area (Å²) in [5.41, 5.74) is 0.696. The molecule has 1 aliphatic heterocycles. The van der Waals surface area contributed by atoms with Gasteiger partial charge in [-0.25, -0.2) is 0 Å². The first-order valence-electron chi connectivity index (χ1n) is 10.3. The van der Waals surface area contributed by atoms with Crippen LogP contribution >= 0.6 is 0 Å². The third-order valence-corrected chi connectivity index (χ3v) is 4.87. The van der Waals surface area contributed by atoms with Crippen LogP contribution < -0.4 is 21.3 Å². The molecule has 1 unspecified atom stereocenters. The number of carbonyl (C=O) groups excluding carboxylic acids is 1. The average Bonchev–Trinajstić information content (AvgIpc) is 2.79. The maximum absolute atomic E-state index is 12.8. The molecule has 1 aromatic carbocycles. The van der Waals surface area contributed by atoms with Crippen molar-refractivity contribution in [2.24, 2.45) is 0 Å². The molecule has 0 radical (unpaired) electrons. The topological polar surface area (TPSA) is 114 Å². The third kappa shape index (κ3) is 6.30.